The molecule has 1 saturated carbocycles. The molecule has 0 heterocycles. The number of hydrogen-bond donors (Lipinski definition) is 1. The van der Waals surface area contributed by atoms with Crippen LogP contribution in [-0.4, -0.2) is 85.4 Å². The lowest BCUT2D eigenvalue weighted by atomic mass is 9.91. The summed E-state index contributed by atoms with van der Waals surface area (Å²) in [4.78, 5) is 9.68. The van der Waals surface area contributed by atoms with E-state index in [2.05, 4.69) is 0 Å². The fourth-order valence-corrected chi connectivity index (χ4v) is 4.99. The van der Waals surface area contributed by atoms with Gasteiger partial charge in [-0.15, -0.1) is 0 Å². The van der Waals surface area contributed by atoms with E-state index in [0.29, 0.717) is 32.2 Å². The number of aliphatic imine (C=N–C) groups is 2. The highest BCUT2D eigenvalue weighted by Gasteiger charge is 2.35. The van der Waals surface area contributed by atoms with E-state index in [0.717, 1.165) is 36.8 Å². The summed E-state index contributed by atoms with van der Waals surface area (Å²) in [6.45, 7) is 1.73. The first kappa shape index (κ1) is 27.3. The first-order valence-electron chi connectivity index (χ1n) is 12.0. The molecule has 2 aromatic rings. The van der Waals surface area contributed by atoms with Gasteiger partial charge in [-0.2, -0.15) is 0 Å². The second-order valence-electron chi connectivity index (χ2n) is 8.21. The number of aromatic hydroxyl groups is 1. The van der Waals surface area contributed by atoms with Gasteiger partial charge >= 0.3 is 15.1 Å². The van der Waals surface area contributed by atoms with Crippen LogP contribution in [0.25, 0.3) is 0 Å². The summed E-state index contributed by atoms with van der Waals surface area (Å²) in [6.07, 6.45) is 7.82. The van der Waals surface area contributed by atoms with Gasteiger partial charge in [0.1, 0.15) is 5.75 Å². The van der Waals surface area contributed by atoms with Crippen LogP contribution in [0.3, 0.4) is 0 Å². The summed E-state index contributed by atoms with van der Waals surface area (Å²) in [6, 6.07) is 15.1. The zero-order valence-corrected chi connectivity index (χ0v) is 21.7. The number of benzene rings is 2. The summed E-state index contributed by atoms with van der Waals surface area (Å²) in [5.41, 5.74) is 1.59. The zero-order valence-electron chi connectivity index (χ0n) is 20.5. The van der Waals surface area contributed by atoms with Crippen LogP contribution in [0.1, 0.15) is 36.8 Å². The number of phenolic OH excluding ortho intramolecular Hbond substituents is 1. The normalized spacial score (nSPS) is 18.3. The Morgan fingerprint density at radius 3 is 1.94 bits per heavy atom. The Hall–Kier alpha value is -2.25. The van der Waals surface area contributed by atoms with E-state index < -0.39 is 15.1 Å². The summed E-state index contributed by atoms with van der Waals surface area (Å²) in [5.74, 6) is 0.908. The summed E-state index contributed by atoms with van der Waals surface area (Å²) in [7, 11) is 3.26. The molecule has 2 atom stereocenters. The summed E-state index contributed by atoms with van der Waals surface area (Å²) < 4.78 is 27.9. The lowest BCUT2D eigenvalue weighted by Crippen LogP contribution is -2.33. The Bertz CT molecular complexity index is 932. The van der Waals surface area contributed by atoms with E-state index in [1.807, 2.05) is 42.6 Å². The second-order valence-corrected chi connectivity index (χ2v) is 9.69. The Morgan fingerprint density at radius 2 is 1.34 bits per heavy atom. The van der Waals surface area contributed by atoms with E-state index in [1.165, 1.54) is 0 Å². The minimum atomic E-state index is -2.44. The average molecular weight is 499 g/mol. The quantitative estimate of drug-likeness (QED) is 0.241. The maximum atomic E-state index is 10.0. The van der Waals surface area contributed by atoms with Crippen LogP contribution in [0.2, 0.25) is 0 Å². The molecule has 0 saturated heterocycles. The molecule has 1 fully saturated rings. The van der Waals surface area contributed by atoms with Gasteiger partial charge in [-0.3, -0.25) is 9.98 Å². The summed E-state index contributed by atoms with van der Waals surface area (Å²) >= 11 is -2.44. The molecule has 1 N–H and O–H groups in total. The largest absolute Gasteiger partial charge is 1.00 e. The van der Waals surface area contributed by atoms with Crippen LogP contribution in [0.5, 0.6) is 11.5 Å². The van der Waals surface area contributed by atoms with Gasteiger partial charge in [0, 0.05) is 51.0 Å². The molecule has 0 aromatic heterocycles. The third-order valence-corrected chi connectivity index (χ3v) is 7.13. The first-order valence-corrected chi connectivity index (χ1v) is 13.4. The molecule has 9 heteroatoms. The standard InChI is InChI=1S/C20H22N2O2.2C3H7O2.Al/c23-19-11-5-1-7-15(19)13-21-17-9-3-4-10-18(17)22-14-16-8-2-6-12-20(16)24;2*1-5-3-2-4;/h1-2,5-8,11-14,17-18,23-24H,3-4,9-10H2;2*2-3H2,1H3;/q;2*-1;+3/p-1/t17-,18-;;;/m1.../s1. The highest BCUT2D eigenvalue weighted by Crippen LogP contribution is 2.25. The van der Waals surface area contributed by atoms with Crippen LogP contribution >= 0.6 is 0 Å². The minimum absolute atomic E-state index is 0.0721. The van der Waals surface area contributed by atoms with E-state index in [4.69, 9.17) is 30.8 Å². The number of methoxy groups -OCH3 is 2. The van der Waals surface area contributed by atoms with Crippen molar-refractivity contribution < 1.29 is 25.9 Å². The van der Waals surface area contributed by atoms with Crippen molar-refractivity contribution in [3.63, 3.8) is 0 Å². The van der Waals surface area contributed by atoms with Gasteiger partial charge in [-0.1, -0.05) is 37.1 Å². The number of para-hydroxylation sites is 2. The smallest absolute Gasteiger partial charge is 0.598 e. The fourth-order valence-electron chi connectivity index (χ4n) is 3.76. The molecule has 0 amide bonds. The topological polar surface area (TPSA) is 91.1 Å². The van der Waals surface area contributed by atoms with Crippen LogP contribution in [0, 0.1) is 0 Å². The predicted molar refractivity (Wildman–Crippen MR) is 138 cm³/mol. The Labute approximate surface area is 213 Å². The predicted octanol–water partition coefficient (Wildman–Crippen LogP) is 3.93. The molecule has 1 aliphatic carbocycles. The van der Waals surface area contributed by atoms with Gasteiger partial charge < -0.3 is 25.9 Å². The van der Waals surface area contributed by atoms with Crippen molar-refractivity contribution in [3.05, 3.63) is 59.7 Å². The molecular formula is C26H35AlN2O6. The maximum absolute atomic E-state index is 10.0. The molecular weight excluding hydrogens is 463 g/mol. The molecule has 8 nitrogen and oxygen atoms in total. The van der Waals surface area contributed by atoms with Crippen LogP contribution in [-0.2, 0) is 17.1 Å². The van der Waals surface area contributed by atoms with E-state index in [-0.39, 0.29) is 17.8 Å². The number of phenols is 1. The maximum Gasteiger partial charge on any atom is 1.00 e. The molecule has 0 unspecified atom stereocenters. The van der Waals surface area contributed by atoms with Gasteiger partial charge in [0.05, 0.1) is 31.0 Å². The molecule has 3 rings (SSSR count). The minimum Gasteiger partial charge on any atom is -0.598 e. The molecule has 0 radical (unpaired) electrons. The number of hydrogen-bond acceptors (Lipinski definition) is 8. The van der Waals surface area contributed by atoms with Crippen LogP contribution < -0.4 is 3.79 Å². The van der Waals surface area contributed by atoms with Gasteiger partial charge in [0.25, 0.3) is 0 Å². The molecule has 1 aliphatic rings. The van der Waals surface area contributed by atoms with Crippen molar-refractivity contribution in [2.75, 3.05) is 40.6 Å². The second kappa shape index (κ2) is 15.7. The molecule has 0 aliphatic heterocycles. The monoisotopic (exact) mass is 498 g/mol. The molecule has 2 aromatic carbocycles. The zero-order chi connectivity index (χ0) is 24.7. The third kappa shape index (κ3) is 9.38. The molecule has 0 spiro atoms. The number of ether oxygens (including phenoxy) is 2. The highest BCUT2D eigenvalue weighted by atomic mass is 27.3. The SMILES string of the molecule is COCC[O][Al]([O]CCOC)[O]c1ccccc1C=N[C@@H]1CCCC[C@H]1N=Cc1ccccc1O. The van der Waals surface area contributed by atoms with Crippen molar-refractivity contribution in [2.24, 2.45) is 9.98 Å². The Morgan fingerprint density at radius 1 is 0.800 bits per heavy atom. The lowest BCUT2D eigenvalue weighted by molar-refractivity contribution is 0.0743. The Balaban J connectivity index is 1.69. The first-order chi connectivity index (χ1) is 17.2. The van der Waals surface area contributed by atoms with E-state index in [1.54, 1.807) is 32.6 Å². The van der Waals surface area contributed by atoms with Crippen molar-refractivity contribution in [2.45, 2.75) is 37.8 Å². The molecule has 35 heavy (non-hydrogen) atoms. The number of nitrogens with zero attached hydrogens (tertiary/aromatic N) is 2. The van der Waals surface area contributed by atoms with Gasteiger partial charge in [0.15, 0.2) is 0 Å². The van der Waals surface area contributed by atoms with Crippen molar-refractivity contribution in [1.29, 1.82) is 0 Å². The van der Waals surface area contributed by atoms with Gasteiger partial charge in [0.2, 0.25) is 0 Å². The fraction of sp³-hybridized carbons (Fsp3) is 0.462. The van der Waals surface area contributed by atoms with Crippen molar-refractivity contribution in [1.82, 2.24) is 0 Å². The average Bonchev–Trinajstić information content (AvgIpc) is 2.88. The molecule has 0 bridgehead atoms. The number of rotatable bonds is 14. The molecule has 188 valence electrons. The van der Waals surface area contributed by atoms with Gasteiger partial charge in [-0.25, -0.2) is 0 Å². The van der Waals surface area contributed by atoms with Crippen LogP contribution in [0.15, 0.2) is 58.5 Å². The summed E-state index contributed by atoms with van der Waals surface area (Å²) in [5, 5.41) is 10.0. The highest BCUT2D eigenvalue weighted by molar-refractivity contribution is 6.37. The van der Waals surface area contributed by atoms with E-state index in [9.17, 15) is 5.11 Å². The Kier molecular flexibility index (Phi) is 12.3. The van der Waals surface area contributed by atoms with Crippen molar-refractivity contribution >= 4 is 27.6 Å². The third-order valence-electron chi connectivity index (χ3n) is 5.67. The van der Waals surface area contributed by atoms with E-state index >= 15 is 0 Å². The van der Waals surface area contributed by atoms with Crippen LogP contribution in [0.4, 0.5) is 0 Å². The lowest BCUT2D eigenvalue weighted by Gasteiger charge is -2.25. The van der Waals surface area contributed by atoms with Crippen molar-refractivity contribution in [3.8, 4) is 11.5 Å². The van der Waals surface area contributed by atoms with Gasteiger partial charge in [-0.05, 0) is 37.1 Å².